The first kappa shape index (κ1) is 13.4. The summed E-state index contributed by atoms with van der Waals surface area (Å²) in [7, 11) is 0. The molecule has 0 aliphatic carbocycles. The van der Waals surface area contributed by atoms with Gasteiger partial charge in [0.2, 0.25) is 5.91 Å². The van der Waals surface area contributed by atoms with Crippen molar-refractivity contribution in [3.05, 3.63) is 59.5 Å². The molecule has 1 amide bonds. The molecular formula is C17H16N2O2. The summed E-state index contributed by atoms with van der Waals surface area (Å²) in [6.07, 6.45) is 0.315. The van der Waals surface area contributed by atoms with Gasteiger partial charge in [-0.1, -0.05) is 18.2 Å². The number of aryl methyl sites for hydroxylation is 2. The van der Waals surface area contributed by atoms with Crippen LogP contribution < -0.4 is 5.32 Å². The third-order valence-corrected chi connectivity index (χ3v) is 3.23. The monoisotopic (exact) mass is 280 g/mol. The number of hydrogen-bond acceptors (Lipinski definition) is 3. The molecule has 0 unspecified atom stereocenters. The highest BCUT2D eigenvalue weighted by Crippen LogP contribution is 2.17. The minimum Gasteiger partial charge on any atom is -0.441 e. The molecule has 0 aliphatic rings. The second-order valence-corrected chi connectivity index (χ2v) is 5.13. The van der Waals surface area contributed by atoms with E-state index in [1.54, 1.807) is 0 Å². The van der Waals surface area contributed by atoms with Gasteiger partial charge in [-0.15, -0.1) is 0 Å². The first-order valence-electron chi connectivity index (χ1n) is 6.83. The van der Waals surface area contributed by atoms with Crippen LogP contribution in [0.4, 0.5) is 5.69 Å². The molecule has 0 atom stereocenters. The number of aromatic nitrogens is 1. The molecule has 4 nitrogen and oxygen atoms in total. The maximum absolute atomic E-state index is 12.1. The molecule has 21 heavy (non-hydrogen) atoms. The highest BCUT2D eigenvalue weighted by atomic mass is 16.3. The minimum atomic E-state index is -0.0415. The van der Waals surface area contributed by atoms with Crippen LogP contribution in [0, 0.1) is 13.8 Å². The lowest BCUT2D eigenvalue weighted by atomic mass is 10.1. The van der Waals surface area contributed by atoms with E-state index in [4.69, 9.17) is 4.42 Å². The Bertz CT molecular complexity index is 805. The molecule has 0 radical (unpaired) electrons. The van der Waals surface area contributed by atoms with Crippen molar-refractivity contribution in [1.82, 2.24) is 4.98 Å². The van der Waals surface area contributed by atoms with E-state index in [0.717, 1.165) is 27.9 Å². The Balaban J connectivity index is 1.73. The van der Waals surface area contributed by atoms with Gasteiger partial charge in [0.15, 0.2) is 11.5 Å². The zero-order valence-corrected chi connectivity index (χ0v) is 12.0. The van der Waals surface area contributed by atoms with Gasteiger partial charge in [0, 0.05) is 12.6 Å². The molecule has 0 spiro atoms. The summed E-state index contributed by atoms with van der Waals surface area (Å²) in [6.45, 7) is 3.81. The summed E-state index contributed by atoms with van der Waals surface area (Å²) in [6, 6.07) is 13.4. The quantitative estimate of drug-likeness (QED) is 0.797. The van der Waals surface area contributed by atoms with Crippen molar-refractivity contribution < 1.29 is 9.21 Å². The standard InChI is InChI=1S/C17H16N2O2/c1-11-4-3-5-14(8-11)19-17(20)10-13-6-7-16-15(9-13)18-12(2)21-16/h3-9H,10H2,1-2H3,(H,19,20). The van der Waals surface area contributed by atoms with E-state index in [-0.39, 0.29) is 5.91 Å². The Morgan fingerprint density at radius 2 is 2.05 bits per heavy atom. The zero-order valence-electron chi connectivity index (χ0n) is 12.0. The van der Waals surface area contributed by atoms with Crippen molar-refractivity contribution >= 4 is 22.7 Å². The number of hydrogen-bond donors (Lipinski definition) is 1. The molecule has 3 aromatic rings. The number of benzene rings is 2. The lowest BCUT2D eigenvalue weighted by Gasteiger charge is -2.06. The van der Waals surface area contributed by atoms with Crippen LogP contribution in [0.25, 0.3) is 11.1 Å². The third kappa shape index (κ3) is 3.11. The van der Waals surface area contributed by atoms with Crippen LogP contribution in [-0.4, -0.2) is 10.9 Å². The first-order valence-corrected chi connectivity index (χ1v) is 6.83. The van der Waals surface area contributed by atoms with E-state index in [9.17, 15) is 4.79 Å². The van der Waals surface area contributed by atoms with Crippen molar-refractivity contribution in [2.45, 2.75) is 20.3 Å². The number of carbonyl (C=O) groups is 1. The molecule has 1 N–H and O–H groups in total. The average molecular weight is 280 g/mol. The molecule has 4 heteroatoms. The summed E-state index contributed by atoms with van der Waals surface area (Å²) in [4.78, 5) is 16.4. The number of fused-ring (bicyclic) bond motifs is 1. The number of anilines is 1. The van der Waals surface area contributed by atoms with E-state index in [0.29, 0.717) is 12.3 Å². The molecule has 3 rings (SSSR count). The van der Waals surface area contributed by atoms with E-state index < -0.39 is 0 Å². The molecule has 0 saturated heterocycles. The number of rotatable bonds is 3. The van der Waals surface area contributed by atoms with Gasteiger partial charge in [0.05, 0.1) is 6.42 Å². The number of carbonyl (C=O) groups excluding carboxylic acids is 1. The average Bonchev–Trinajstić information content (AvgIpc) is 2.78. The molecule has 1 aromatic heterocycles. The van der Waals surface area contributed by atoms with Gasteiger partial charge in [0.1, 0.15) is 5.52 Å². The van der Waals surface area contributed by atoms with Crippen molar-refractivity contribution in [3.63, 3.8) is 0 Å². The lowest BCUT2D eigenvalue weighted by molar-refractivity contribution is -0.115. The van der Waals surface area contributed by atoms with E-state index in [2.05, 4.69) is 10.3 Å². The van der Waals surface area contributed by atoms with Crippen LogP contribution in [0.15, 0.2) is 46.9 Å². The molecular weight excluding hydrogens is 264 g/mol. The van der Waals surface area contributed by atoms with E-state index in [1.165, 1.54) is 0 Å². The highest BCUT2D eigenvalue weighted by molar-refractivity contribution is 5.92. The van der Waals surface area contributed by atoms with Crippen LogP contribution in [0.5, 0.6) is 0 Å². The van der Waals surface area contributed by atoms with Crippen LogP contribution in [0.1, 0.15) is 17.0 Å². The Hall–Kier alpha value is -2.62. The number of nitrogens with zero attached hydrogens (tertiary/aromatic N) is 1. The van der Waals surface area contributed by atoms with Gasteiger partial charge in [-0.05, 0) is 42.3 Å². The summed E-state index contributed by atoms with van der Waals surface area (Å²) >= 11 is 0. The molecule has 106 valence electrons. The van der Waals surface area contributed by atoms with Gasteiger partial charge < -0.3 is 9.73 Å². The maximum atomic E-state index is 12.1. The summed E-state index contributed by atoms with van der Waals surface area (Å²) in [5.74, 6) is 0.589. The smallest absolute Gasteiger partial charge is 0.228 e. The lowest BCUT2D eigenvalue weighted by Crippen LogP contribution is -2.14. The van der Waals surface area contributed by atoms with Crippen molar-refractivity contribution in [3.8, 4) is 0 Å². The predicted molar refractivity (Wildman–Crippen MR) is 82.3 cm³/mol. The first-order chi connectivity index (χ1) is 10.1. The second-order valence-electron chi connectivity index (χ2n) is 5.13. The SMILES string of the molecule is Cc1cccc(NC(=O)Cc2ccc3oc(C)nc3c2)c1. The van der Waals surface area contributed by atoms with Crippen LogP contribution in [0.2, 0.25) is 0 Å². The fraction of sp³-hybridized carbons (Fsp3) is 0.176. The third-order valence-electron chi connectivity index (χ3n) is 3.23. The van der Waals surface area contributed by atoms with Crippen LogP contribution in [-0.2, 0) is 11.2 Å². The molecule has 2 aromatic carbocycles. The van der Waals surface area contributed by atoms with Crippen LogP contribution >= 0.6 is 0 Å². The topological polar surface area (TPSA) is 55.1 Å². The Morgan fingerprint density at radius 3 is 2.86 bits per heavy atom. The Morgan fingerprint density at radius 1 is 1.19 bits per heavy atom. The Kier molecular flexibility index (Phi) is 3.44. The van der Waals surface area contributed by atoms with Gasteiger partial charge >= 0.3 is 0 Å². The molecule has 0 saturated carbocycles. The number of amides is 1. The molecule has 0 fully saturated rings. The molecule has 1 heterocycles. The van der Waals surface area contributed by atoms with Crippen LogP contribution in [0.3, 0.4) is 0 Å². The summed E-state index contributed by atoms with van der Waals surface area (Å²) in [5, 5.41) is 2.90. The second kappa shape index (κ2) is 5.40. The van der Waals surface area contributed by atoms with E-state index >= 15 is 0 Å². The van der Waals surface area contributed by atoms with Gasteiger partial charge in [0.25, 0.3) is 0 Å². The minimum absolute atomic E-state index is 0.0415. The number of nitrogens with one attached hydrogen (secondary N) is 1. The van der Waals surface area contributed by atoms with Gasteiger partial charge in [-0.2, -0.15) is 0 Å². The van der Waals surface area contributed by atoms with Crippen molar-refractivity contribution in [2.24, 2.45) is 0 Å². The van der Waals surface area contributed by atoms with Gasteiger partial charge in [-0.3, -0.25) is 4.79 Å². The highest BCUT2D eigenvalue weighted by Gasteiger charge is 2.07. The fourth-order valence-electron chi connectivity index (χ4n) is 2.31. The maximum Gasteiger partial charge on any atom is 0.228 e. The fourth-order valence-corrected chi connectivity index (χ4v) is 2.31. The summed E-state index contributed by atoms with van der Waals surface area (Å²) < 4.78 is 5.43. The molecule has 0 bridgehead atoms. The summed E-state index contributed by atoms with van der Waals surface area (Å²) in [5.41, 5.74) is 4.38. The van der Waals surface area contributed by atoms with Gasteiger partial charge in [-0.25, -0.2) is 4.98 Å². The zero-order chi connectivity index (χ0) is 14.8. The number of oxazole rings is 1. The van der Waals surface area contributed by atoms with E-state index in [1.807, 2.05) is 56.3 Å². The largest absolute Gasteiger partial charge is 0.441 e. The predicted octanol–water partition coefficient (Wildman–Crippen LogP) is 3.63. The van der Waals surface area contributed by atoms with Crippen molar-refractivity contribution in [1.29, 1.82) is 0 Å². The molecule has 0 aliphatic heterocycles. The van der Waals surface area contributed by atoms with Crippen molar-refractivity contribution in [2.75, 3.05) is 5.32 Å². The normalized spacial score (nSPS) is 10.8. The Labute approximate surface area is 122 Å².